The van der Waals surface area contributed by atoms with Crippen LogP contribution in [-0.2, 0) is 21.1 Å². The summed E-state index contributed by atoms with van der Waals surface area (Å²) in [7, 11) is -3.52. The third-order valence-electron chi connectivity index (χ3n) is 8.73. The predicted octanol–water partition coefficient (Wildman–Crippen LogP) is 7.69. The standard InChI is InChI=1S/C33H38Cl2N2O3S/c1-32(2,3)41(39,40)21-29(22-11-12-22)37-30(23-13-15-25(34)16-14-23)28(24-8-7-9-26(35)18-24)20-33(4,31(37)38)19-27-10-5-6-17-36-27/h5-10,13-18,22,28-30H,11-12,19-21H2,1-4H3. The Morgan fingerprint density at radius 3 is 2.27 bits per heavy atom. The molecule has 4 unspecified atom stereocenters. The van der Waals surface area contributed by atoms with Crippen LogP contribution >= 0.6 is 23.2 Å². The second-order valence-electron chi connectivity index (χ2n) is 12.9. The number of nitrogens with zero attached hydrogens (tertiary/aromatic N) is 2. The number of carbonyl (C=O) groups is 1. The second-order valence-corrected chi connectivity index (χ2v) is 16.6. The molecule has 0 N–H and O–H groups in total. The van der Waals surface area contributed by atoms with Crippen molar-refractivity contribution < 1.29 is 13.2 Å². The van der Waals surface area contributed by atoms with Crippen molar-refractivity contribution in [3.8, 4) is 0 Å². The maximum Gasteiger partial charge on any atom is 0.229 e. The molecule has 41 heavy (non-hydrogen) atoms. The minimum atomic E-state index is -3.52. The fraction of sp³-hybridized carbons (Fsp3) is 0.455. The third kappa shape index (κ3) is 6.35. The van der Waals surface area contributed by atoms with E-state index in [9.17, 15) is 13.2 Å². The largest absolute Gasteiger partial charge is 0.330 e. The van der Waals surface area contributed by atoms with Crippen LogP contribution in [0, 0.1) is 11.3 Å². The molecule has 1 aromatic heterocycles. The summed E-state index contributed by atoms with van der Waals surface area (Å²) in [5.74, 6) is -0.0933. The smallest absolute Gasteiger partial charge is 0.229 e. The van der Waals surface area contributed by atoms with Gasteiger partial charge < -0.3 is 4.90 Å². The molecule has 1 aliphatic carbocycles. The van der Waals surface area contributed by atoms with E-state index < -0.39 is 26.0 Å². The van der Waals surface area contributed by atoms with Crippen LogP contribution in [0.15, 0.2) is 72.9 Å². The molecule has 5 nitrogen and oxygen atoms in total. The summed E-state index contributed by atoms with van der Waals surface area (Å²) in [5, 5.41) is 1.23. The van der Waals surface area contributed by atoms with E-state index in [4.69, 9.17) is 23.2 Å². The van der Waals surface area contributed by atoms with Gasteiger partial charge in [0.05, 0.1) is 22.0 Å². The lowest BCUT2D eigenvalue weighted by molar-refractivity contribution is -0.154. The van der Waals surface area contributed by atoms with E-state index >= 15 is 0 Å². The van der Waals surface area contributed by atoms with Crippen LogP contribution in [0.5, 0.6) is 0 Å². The number of rotatable bonds is 8. The van der Waals surface area contributed by atoms with Crippen LogP contribution in [0.4, 0.5) is 0 Å². The molecule has 218 valence electrons. The number of carbonyl (C=O) groups excluding carboxylic acids is 1. The molecular formula is C33H38Cl2N2O3S. The number of benzene rings is 2. The third-order valence-corrected chi connectivity index (χ3v) is 11.9. The SMILES string of the molecule is CC1(Cc2ccccn2)CC(c2cccc(Cl)c2)C(c2ccc(Cl)cc2)N(C(CS(=O)(=O)C(C)(C)C)C2CC2)C1=O. The van der Waals surface area contributed by atoms with Gasteiger partial charge in [-0.15, -0.1) is 0 Å². The number of sulfone groups is 1. The number of aromatic nitrogens is 1. The fourth-order valence-corrected chi connectivity index (χ4v) is 7.92. The molecule has 2 fully saturated rings. The lowest BCUT2D eigenvalue weighted by Gasteiger charge is -2.52. The molecule has 1 amide bonds. The van der Waals surface area contributed by atoms with Crippen LogP contribution < -0.4 is 0 Å². The van der Waals surface area contributed by atoms with E-state index in [1.165, 1.54) is 0 Å². The molecule has 0 spiro atoms. The van der Waals surface area contributed by atoms with Crippen molar-refractivity contribution in [3.05, 3.63) is 99.8 Å². The van der Waals surface area contributed by atoms with Crippen molar-refractivity contribution in [2.45, 2.75) is 76.1 Å². The number of amides is 1. The van der Waals surface area contributed by atoms with Gasteiger partial charge in [-0.2, -0.15) is 0 Å². The average Bonchev–Trinajstić information content (AvgIpc) is 3.75. The predicted molar refractivity (Wildman–Crippen MR) is 166 cm³/mol. The van der Waals surface area contributed by atoms with Gasteiger partial charge in [0.15, 0.2) is 9.84 Å². The number of hydrogen-bond donors (Lipinski definition) is 0. The maximum absolute atomic E-state index is 14.9. The molecule has 5 rings (SSSR count). The zero-order chi connectivity index (χ0) is 29.6. The highest BCUT2D eigenvalue weighted by Crippen LogP contribution is 2.54. The Labute approximate surface area is 254 Å². The molecule has 0 bridgehead atoms. The molecule has 2 aromatic carbocycles. The van der Waals surface area contributed by atoms with Gasteiger partial charge in [-0.1, -0.05) is 60.5 Å². The Kier molecular flexibility index (Phi) is 8.32. The van der Waals surface area contributed by atoms with Crippen molar-refractivity contribution in [3.63, 3.8) is 0 Å². The van der Waals surface area contributed by atoms with E-state index in [0.717, 1.165) is 29.7 Å². The summed E-state index contributed by atoms with van der Waals surface area (Å²) in [6.45, 7) is 7.22. The highest BCUT2D eigenvalue weighted by Gasteiger charge is 2.55. The lowest BCUT2D eigenvalue weighted by atomic mass is 9.66. The van der Waals surface area contributed by atoms with E-state index in [1.807, 2.05) is 72.5 Å². The highest BCUT2D eigenvalue weighted by atomic mass is 35.5. The van der Waals surface area contributed by atoms with Gasteiger partial charge in [0, 0.05) is 40.3 Å². The number of piperidine rings is 1. The summed E-state index contributed by atoms with van der Waals surface area (Å²) in [6.07, 6.45) is 4.57. The summed E-state index contributed by atoms with van der Waals surface area (Å²) in [4.78, 5) is 21.4. The van der Waals surface area contributed by atoms with Gasteiger partial charge >= 0.3 is 0 Å². The fourth-order valence-electron chi connectivity index (χ4n) is 6.21. The minimum Gasteiger partial charge on any atom is -0.330 e. The molecule has 2 aliphatic rings. The van der Waals surface area contributed by atoms with Gasteiger partial charge in [-0.25, -0.2) is 8.42 Å². The molecule has 0 radical (unpaired) electrons. The summed E-state index contributed by atoms with van der Waals surface area (Å²) < 4.78 is 26.5. The average molecular weight is 614 g/mol. The lowest BCUT2D eigenvalue weighted by Crippen LogP contribution is -2.59. The maximum atomic E-state index is 14.9. The van der Waals surface area contributed by atoms with Crippen molar-refractivity contribution in [1.82, 2.24) is 9.88 Å². The van der Waals surface area contributed by atoms with Crippen LogP contribution in [-0.4, -0.2) is 40.8 Å². The molecular weight excluding hydrogens is 575 g/mol. The monoisotopic (exact) mass is 612 g/mol. The number of pyridine rings is 1. The van der Waals surface area contributed by atoms with Crippen molar-refractivity contribution in [2.75, 3.05) is 5.75 Å². The van der Waals surface area contributed by atoms with Gasteiger partial charge in [0.25, 0.3) is 0 Å². The molecule has 2 heterocycles. The van der Waals surface area contributed by atoms with Crippen LogP contribution in [0.25, 0.3) is 0 Å². The normalized spacial score (nSPS) is 24.3. The minimum absolute atomic E-state index is 0.0256. The van der Waals surface area contributed by atoms with E-state index in [2.05, 4.69) is 11.1 Å². The van der Waals surface area contributed by atoms with E-state index in [1.54, 1.807) is 27.0 Å². The molecule has 1 saturated carbocycles. The Morgan fingerprint density at radius 1 is 0.976 bits per heavy atom. The quantitative estimate of drug-likeness (QED) is 0.261. The first-order chi connectivity index (χ1) is 19.3. The Morgan fingerprint density at radius 2 is 1.68 bits per heavy atom. The van der Waals surface area contributed by atoms with E-state index in [-0.39, 0.29) is 29.5 Å². The summed E-state index contributed by atoms with van der Waals surface area (Å²) in [6, 6.07) is 20.4. The highest BCUT2D eigenvalue weighted by molar-refractivity contribution is 7.92. The zero-order valence-corrected chi connectivity index (χ0v) is 26.4. The first-order valence-electron chi connectivity index (χ1n) is 14.2. The second kappa shape index (κ2) is 11.3. The number of hydrogen-bond acceptors (Lipinski definition) is 4. The zero-order valence-electron chi connectivity index (χ0n) is 24.1. The van der Waals surface area contributed by atoms with E-state index in [0.29, 0.717) is 22.9 Å². The van der Waals surface area contributed by atoms with Gasteiger partial charge in [-0.05, 0) is 93.5 Å². The van der Waals surface area contributed by atoms with Gasteiger partial charge in [-0.3, -0.25) is 9.78 Å². The van der Waals surface area contributed by atoms with Gasteiger partial charge in [0.1, 0.15) is 0 Å². The van der Waals surface area contributed by atoms with Crippen LogP contribution in [0.1, 0.15) is 75.7 Å². The van der Waals surface area contributed by atoms with Gasteiger partial charge in [0.2, 0.25) is 5.91 Å². The Bertz CT molecular complexity index is 1500. The molecule has 4 atom stereocenters. The van der Waals surface area contributed by atoms with Crippen LogP contribution in [0.3, 0.4) is 0 Å². The molecule has 1 saturated heterocycles. The van der Waals surface area contributed by atoms with Crippen molar-refractivity contribution in [1.29, 1.82) is 0 Å². The Hall–Kier alpha value is -2.41. The topological polar surface area (TPSA) is 67.3 Å². The number of likely N-dealkylation sites (tertiary alicyclic amines) is 1. The first-order valence-corrected chi connectivity index (χ1v) is 16.7. The molecule has 3 aromatic rings. The van der Waals surface area contributed by atoms with Crippen molar-refractivity contribution >= 4 is 38.9 Å². The molecule has 8 heteroatoms. The summed E-state index contributed by atoms with van der Waals surface area (Å²) in [5.41, 5.74) is 1.99. The first kappa shape index (κ1) is 30.1. The molecule has 1 aliphatic heterocycles. The van der Waals surface area contributed by atoms with Crippen molar-refractivity contribution in [2.24, 2.45) is 11.3 Å². The van der Waals surface area contributed by atoms with Crippen LogP contribution in [0.2, 0.25) is 10.0 Å². The Balaban J connectivity index is 1.70. The summed E-state index contributed by atoms with van der Waals surface area (Å²) >= 11 is 12.8. The number of halogens is 2.